The van der Waals surface area contributed by atoms with Gasteiger partial charge in [0.1, 0.15) is 11.5 Å². The third-order valence-corrected chi connectivity index (χ3v) is 5.73. The highest BCUT2D eigenvalue weighted by atomic mass is 16.5. The van der Waals surface area contributed by atoms with Crippen LogP contribution in [0.4, 0.5) is 0 Å². The van der Waals surface area contributed by atoms with Crippen LogP contribution in [0.2, 0.25) is 0 Å². The van der Waals surface area contributed by atoms with E-state index in [0.717, 1.165) is 43.9 Å². The molecule has 0 saturated heterocycles. The Balaban J connectivity index is 1.65. The number of allylic oxidation sites excluding steroid dienone is 3. The number of rotatable bonds is 2. The van der Waals surface area contributed by atoms with Crippen LogP contribution in [0.15, 0.2) is 88.5 Å². The van der Waals surface area contributed by atoms with E-state index in [4.69, 9.17) is 9.15 Å². The molecule has 1 aromatic heterocycles. The van der Waals surface area contributed by atoms with Crippen molar-refractivity contribution in [2.24, 2.45) is 5.41 Å². The van der Waals surface area contributed by atoms with Gasteiger partial charge in [-0.25, -0.2) is 4.42 Å². The highest BCUT2D eigenvalue weighted by Gasteiger charge is 2.41. The summed E-state index contributed by atoms with van der Waals surface area (Å²) in [4.78, 5) is 0. The summed E-state index contributed by atoms with van der Waals surface area (Å²) in [6.45, 7) is 4.27. The molecule has 142 valence electrons. The van der Waals surface area contributed by atoms with Crippen LogP contribution >= 0.6 is 0 Å². The summed E-state index contributed by atoms with van der Waals surface area (Å²) in [7, 11) is 0. The maximum Gasteiger partial charge on any atom is 0.360 e. The minimum Gasteiger partial charge on any atom is -0.507 e. The molecule has 0 bridgehead atoms. The third-order valence-electron chi connectivity index (χ3n) is 5.73. The van der Waals surface area contributed by atoms with E-state index >= 15 is 0 Å². The smallest absolute Gasteiger partial charge is 0.360 e. The van der Waals surface area contributed by atoms with Crippen molar-refractivity contribution in [3.8, 4) is 5.75 Å². The predicted molar refractivity (Wildman–Crippen MR) is 116 cm³/mol. The summed E-state index contributed by atoms with van der Waals surface area (Å²) in [5.74, 6) is 1.17. The van der Waals surface area contributed by atoms with Crippen molar-refractivity contribution in [1.82, 2.24) is 0 Å². The van der Waals surface area contributed by atoms with Gasteiger partial charge in [0, 0.05) is 33.9 Å². The average Bonchev–Trinajstić information content (AvgIpc) is 2.75. The van der Waals surface area contributed by atoms with E-state index in [1.807, 2.05) is 60.7 Å². The van der Waals surface area contributed by atoms with E-state index in [2.05, 4.69) is 26.0 Å². The van der Waals surface area contributed by atoms with E-state index in [-0.39, 0.29) is 5.41 Å². The number of hydrogen-bond donors (Lipinski definition) is 1. The molecule has 5 rings (SSSR count). The van der Waals surface area contributed by atoms with Gasteiger partial charge in [0.15, 0.2) is 0 Å². The Kier molecular flexibility index (Phi) is 3.92. The molecule has 1 aliphatic carbocycles. The van der Waals surface area contributed by atoms with Crippen LogP contribution < -0.4 is 15.2 Å². The van der Waals surface area contributed by atoms with Crippen LogP contribution in [0.3, 0.4) is 0 Å². The zero-order valence-electron chi connectivity index (χ0n) is 16.3. The zero-order valence-corrected chi connectivity index (χ0v) is 16.3. The van der Waals surface area contributed by atoms with Gasteiger partial charge in [0.05, 0.1) is 11.6 Å². The van der Waals surface area contributed by atoms with Crippen LogP contribution in [0.5, 0.6) is 5.75 Å². The van der Waals surface area contributed by atoms with Gasteiger partial charge in [-0.3, -0.25) is 0 Å². The fraction of sp³-hybridized carbons (Fsp3) is 0.115. The van der Waals surface area contributed by atoms with E-state index in [1.165, 1.54) is 0 Å². The molecule has 29 heavy (non-hydrogen) atoms. The molecule has 0 unspecified atom stereocenters. The first kappa shape index (κ1) is 17.5. The molecule has 0 saturated carbocycles. The molecule has 1 aliphatic heterocycles. The highest BCUT2D eigenvalue weighted by Crippen LogP contribution is 2.51. The van der Waals surface area contributed by atoms with Crippen molar-refractivity contribution < 1.29 is 14.3 Å². The molecule has 3 aromatic rings. The molecule has 0 radical (unpaired) electrons. The molecule has 2 aromatic carbocycles. The van der Waals surface area contributed by atoms with Gasteiger partial charge < -0.3 is 9.84 Å². The summed E-state index contributed by atoms with van der Waals surface area (Å²) in [6, 6.07) is 15.8. The fourth-order valence-corrected chi connectivity index (χ4v) is 4.06. The number of ether oxygens (including phenoxy) is 1. The third kappa shape index (κ3) is 2.78. The van der Waals surface area contributed by atoms with Gasteiger partial charge in [0.25, 0.3) is 0 Å². The first-order chi connectivity index (χ1) is 14.1. The second-order valence-electron chi connectivity index (χ2n) is 7.83. The molecular formula is C26H21O3+. The second-order valence-corrected chi connectivity index (χ2v) is 7.83. The van der Waals surface area contributed by atoms with E-state index < -0.39 is 0 Å². The summed E-state index contributed by atoms with van der Waals surface area (Å²) in [6.07, 6.45) is 11.4. The Morgan fingerprint density at radius 2 is 1.86 bits per heavy atom. The molecule has 3 nitrogen and oxygen atoms in total. The molecule has 0 spiro atoms. The largest absolute Gasteiger partial charge is 0.507 e. The van der Waals surface area contributed by atoms with Gasteiger partial charge in [-0.2, -0.15) is 0 Å². The summed E-state index contributed by atoms with van der Waals surface area (Å²) >= 11 is 0. The van der Waals surface area contributed by atoms with Crippen LogP contribution in [0.1, 0.15) is 19.4 Å². The van der Waals surface area contributed by atoms with E-state index in [1.54, 1.807) is 12.5 Å². The standard InChI is InChI=1S/C26H20O3/c1-26(2)21(15-17-7-3-11-23-19(17)9-5-13-28-23)25(27)22(26)16-18-8-4-12-24-20(18)10-6-14-29-24/h3-16H,1-2H3/p+1. The van der Waals surface area contributed by atoms with Crippen LogP contribution in [0, 0.1) is 5.41 Å². The van der Waals surface area contributed by atoms with Crippen LogP contribution in [0.25, 0.3) is 29.2 Å². The van der Waals surface area contributed by atoms with Gasteiger partial charge in [-0.1, -0.05) is 38.1 Å². The van der Waals surface area contributed by atoms with Crippen molar-refractivity contribution in [2.45, 2.75) is 13.8 Å². The Bertz CT molecular complexity index is 1350. The molecule has 0 amide bonds. The topological polar surface area (TPSA) is 40.8 Å². The highest BCUT2D eigenvalue weighted by molar-refractivity contribution is 5.89. The van der Waals surface area contributed by atoms with Crippen molar-refractivity contribution in [2.75, 3.05) is 0 Å². The van der Waals surface area contributed by atoms with Gasteiger partial charge >= 0.3 is 11.8 Å². The average molecular weight is 381 g/mol. The van der Waals surface area contributed by atoms with Crippen molar-refractivity contribution in [1.29, 1.82) is 0 Å². The predicted octanol–water partition coefficient (Wildman–Crippen LogP) is 5.12. The molecular weight excluding hydrogens is 360 g/mol. The summed E-state index contributed by atoms with van der Waals surface area (Å²) in [5, 5.41) is 14.0. The van der Waals surface area contributed by atoms with Crippen molar-refractivity contribution >= 4 is 29.2 Å². The van der Waals surface area contributed by atoms with E-state index in [9.17, 15) is 5.11 Å². The summed E-state index contributed by atoms with van der Waals surface area (Å²) < 4.78 is 11.2. The molecule has 3 heteroatoms. The summed E-state index contributed by atoms with van der Waals surface area (Å²) in [5.41, 5.74) is 3.43. The molecule has 0 fully saturated rings. The van der Waals surface area contributed by atoms with Gasteiger partial charge in [-0.15, -0.1) is 0 Å². The van der Waals surface area contributed by atoms with Gasteiger partial charge in [-0.05, 0) is 47.2 Å². The normalized spacial score (nSPS) is 19.0. The quantitative estimate of drug-likeness (QED) is 0.627. The first-order valence-corrected chi connectivity index (χ1v) is 9.66. The fourth-order valence-electron chi connectivity index (χ4n) is 4.06. The number of aliphatic hydroxyl groups is 1. The maximum absolute atomic E-state index is 10.9. The Labute approximate surface area is 168 Å². The number of benzene rings is 2. The molecule has 2 aliphatic rings. The lowest BCUT2D eigenvalue weighted by Crippen LogP contribution is -2.34. The maximum atomic E-state index is 10.9. The monoisotopic (exact) mass is 381 g/mol. The van der Waals surface area contributed by atoms with Crippen LogP contribution in [-0.2, 0) is 0 Å². The zero-order chi connectivity index (χ0) is 20.0. The number of fused-ring (bicyclic) bond motifs is 2. The molecule has 0 atom stereocenters. The molecule has 1 N–H and O–H groups in total. The van der Waals surface area contributed by atoms with Crippen LogP contribution in [-0.4, -0.2) is 5.11 Å². The second kappa shape index (κ2) is 6.49. The Hall–Kier alpha value is -3.59. The minimum absolute atomic E-state index is 0.272. The lowest BCUT2D eigenvalue weighted by molar-refractivity contribution is 0.334. The molecule has 2 heterocycles. The van der Waals surface area contributed by atoms with Gasteiger partial charge in [0.2, 0.25) is 0 Å². The minimum atomic E-state index is -0.272. The lowest BCUT2D eigenvalue weighted by atomic mass is 9.65. The van der Waals surface area contributed by atoms with E-state index in [0.29, 0.717) is 5.76 Å². The number of aliphatic hydroxyl groups excluding tert-OH is 1. The number of hydrogen-bond acceptors (Lipinski definition) is 2. The first-order valence-electron chi connectivity index (χ1n) is 9.66. The van der Waals surface area contributed by atoms with Crippen molar-refractivity contribution in [3.63, 3.8) is 0 Å². The van der Waals surface area contributed by atoms with Crippen molar-refractivity contribution in [3.05, 3.63) is 100 Å². The Morgan fingerprint density at radius 3 is 2.72 bits per heavy atom. The lowest BCUT2D eigenvalue weighted by Gasteiger charge is -2.39. The Morgan fingerprint density at radius 1 is 1.00 bits per heavy atom. The SMILES string of the molecule is CC1(C)C(=Cc2cccc3[o+]cccc23)C(O)=C1C=c1cccc2c1=CC=CO2.